The molecule has 3 rings (SSSR count). The van der Waals surface area contributed by atoms with E-state index in [0.29, 0.717) is 12.3 Å². The summed E-state index contributed by atoms with van der Waals surface area (Å²) in [4.78, 5) is 14.4. The van der Waals surface area contributed by atoms with Gasteiger partial charge < -0.3 is 10.1 Å². The van der Waals surface area contributed by atoms with Gasteiger partial charge >= 0.3 is 0 Å². The number of carbonyl (C=O) groups is 1. The number of carbonyl (C=O) groups excluding carboxylic acids is 1. The number of likely N-dealkylation sites (tertiary alicyclic amines) is 1. The molecule has 1 atom stereocenters. The van der Waals surface area contributed by atoms with Gasteiger partial charge in [-0.1, -0.05) is 12.1 Å². The fourth-order valence-corrected chi connectivity index (χ4v) is 3.38. The Balaban J connectivity index is 1.37. The number of hydrogen-bond donors (Lipinski definition) is 1. The van der Waals surface area contributed by atoms with Crippen LogP contribution in [0.15, 0.2) is 24.3 Å². The second-order valence-corrected chi connectivity index (χ2v) is 6.68. The van der Waals surface area contributed by atoms with E-state index in [-0.39, 0.29) is 17.8 Å². The minimum absolute atomic E-state index is 0.164. The highest BCUT2D eigenvalue weighted by molar-refractivity contribution is 5.76. The van der Waals surface area contributed by atoms with Gasteiger partial charge in [-0.25, -0.2) is 4.39 Å². The van der Waals surface area contributed by atoms with Crippen LogP contribution in [0.5, 0.6) is 0 Å². The molecule has 2 aliphatic heterocycles. The maximum absolute atomic E-state index is 12.9. The van der Waals surface area contributed by atoms with Crippen LogP contribution in [0.2, 0.25) is 0 Å². The average Bonchev–Trinajstić information content (AvgIpc) is 3.04. The number of halogens is 1. The van der Waals surface area contributed by atoms with Crippen molar-refractivity contribution in [2.75, 3.05) is 26.3 Å². The minimum Gasteiger partial charge on any atom is -0.381 e. The first-order chi connectivity index (χ1) is 11.2. The minimum atomic E-state index is -0.192. The summed E-state index contributed by atoms with van der Waals surface area (Å²) in [6, 6.07) is 6.98. The Morgan fingerprint density at radius 2 is 1.96 bits per heavy atom. The molecule has 2 fully saturated rings. The van der Waals surface area contributed by atoms with Crippen LogP contribution >= 0.6 is 0 Å². The summed E-state index contributed by atoms with van der Waals surface area (Å²) in [5.74, 6) is 0.369. The van der Waals surface area contributed by atoms with Crippen LogP contribution in [0.25, 0.3) is 0 Å². The molecule has 0 spiro atoms. The zero-order valence-corrected chi connectivity index (χ0v) is 13.5. The van der Waals surface area contributed by atoms with Crippen LogP contribution in [0, 0.1) is 11.7 Å². The van der Waals surface area contributed by atoms with E-state index in [1.165, 1.54) is 12.1 Å². The van der Waals surface area contributed by atoms with Gasteiger partial charge in [-0.2, -0.15) is 0 Å². The number of rotatable bonds is 5. The van der Waals surface area contributed by atoms with Gasteiger partial charge in [0.15, 0.2) is 0 Å². The first-order valence-corrected chi connectivity index (χ1v) is 8.53. The third-order valence-electron chi connectivity index (χ3n) is 4.77. The van der Waals surface area contributed by atoms with Gasteiger partial charge in [-0.15, -0.1) is 0 Å². The third-order valence-corrected chi connectivity index (χ3v) is 4.77. The largest absolute Gasteiger partial charge is 0.381 e. The molecule has 0 aromatic heterocycles. The molecule has 0 aliphatic carbocycles. The van der Waals surface area contributed by atoms with Crippen molar-refractivity contribution < 1.29 is 13.9 Å². The molecular weight excluding hydrogens is 295 g/mol. The molecule has 126 valence electrons. The number of amides is 1. The summed E-state index contributed by atoms with van der Waals surface area (Å²) in [6.07, 6.45) is 3.56. The fraction of sp³-hybridized carbons (Fsp3) is 0.611. The van der Waals surface area contributed by atoms with Crippen molar-refractivity contribution >= 4 is 5.91 Å². The highest BCUT2D eigenvalue weighted by Crippen LogP contribution is 2.18. The number of nitrogens with one attached hydrogen (secondary N) is 1. The Morgan fingerprint density at radius 1 is 1.22 bits per heavy atom. The molecule has 2 heterocycles. The molecule has 0 bridgehead atoms. The molecule has 0 radical (unpaired) electrons. The van der Waals surface area contributed by atoms with Crippen molar-refractivity contribution in [1.82, 2.24) is 10.2 Å². The molecule has 2 saturated heterocycles. The van der Waals surface area contributed by atoms with E-state index in [1.54, 1.807) is 0 Å². The van der Waals surface area contributed by atoms with E-state index in [0.717, 1.165) is 57.7 Å². The van der Waals surface area contributed by atoms with Gasteiger partial charge in [0.25, 0.3) is 0 Å². The average molecular weight is 320 g/mol. The van der Waals surface area contributed by atoms with E-state index >= 15 is 0 Å². The van der Waals surface area contributed by atoms with Gasteiger partial charge in [0, 0.05) is 45.3 Å². The molecule has 1 aromatic rings. The predicted molar refractivity (Wildman–Crippen MR) is 86.4 cm³/mol. The zero-order chi connectivity index (χ0) is 16.1. The predicted octanol–water partition coefficient (Wildman–Crippen LogP) is 2.33. The lowest BCUT2D eigenvalue weighted by Gasteiger charge is -2.32. The van der Waals surface area contributed by atoms with E-state index < -0.39 is 0 Å². The lowest BCUT2D eigenvalue weighted by Crippen LogP contribution is -2.44. The monoisotopic (exact) mass is 320 g/mol. The van der Waals surface area contributed by atoms with Gasteiger partial charge in [-0.3, -0.25) is 9.69 Å². The molecule has 2 aliphatic rings. The van der Waals surface area contributed by atoms with Gasteiger partial charge in [-0.05, 0) is 42.9 Å². The van der Waals surface area contributed by atoms with Gasteiger partial charge in [0.2, 0.25) is 5.91 Å². The number of hydrogen-bond acceptors (Lipinski definition) is 3. The van der Waals surface area contributed by atoms with Crippen molar-refractivity contribution in [3.05, 3.63) is 35.6 Å². The smallest absolute Gasteiger partial charge is 0.220 e. The molecule has 0 unspecified atom stereocenters. The highest BCUT2D eigenvalue weighted by Gasteiger charge is 2.23. The molecular formula is C18H25FN2O2. The Labute approximate surface area is 137 Å². The highest BCUT2D eigenvalue weighted by atomic mass is 19.1. The quantitative estimate of drug-likeness (QED) is 0.905. The summed E-state index contributed by atoms with van der Waals surface area (Å²) in [6.45, 7) is 4.30. The molecule has 1 N–H and O–H groups in total. The number of benzene rings is 1. The van der Waals surface area contributed by atoms with Crippen molar-refractivity contribution in [2.24, 2.45) is 5.92 Å². The first kappa shape index (κ1) is 16.4. The summed E-state index contributed by atoms with van der Waals surface area (Å²) >= 11 is 0. The van der Waals surface area contributed by atoms with Crippen molar-refractivity contribution in [3.63, 3.8) is 0 Å². The Bertz CT molecular complexity index is 506. The van der Waals surface area contributed by atoms with Crippen LogP contribution in [0.3, 0.4) is 0 Å². The maximum atomic E-state index is 12.9. The topological polar surface area (TPSA) is 41.6 Å². The number of piperidine rings is 1. The van der Waals surface area contributed by atoms with Gasteiger partial charge in [0.1, 0.15) is 5.82 Å². The molecule has 5 heteroatoms. The Hall–Kier alpha value is -1.46. The molecule has 4 nitrogen and oxygen atoms in total. The second kappa shape index (κ2) is 7.88. The molecule has 1 aromatic carbocycles. The number of nitrogens with zero attached hydrogens (tertiary/aromatic N) is 1. The maximum Gasteiger partial charge on any atom is 0.220 e. The van der Waals surface area contributed by atoms with Gasteiger partial charge in [0.05, 0.1) is 0 Å². The molecule has 23 heavy (non-hydrogen) atoms. The fourth-order valence-electron chi connectivity index (χ4n) is 3.38. The summed E-state index contributed by atoms with van der Waals surface area (Å²) in [5, 5.41) is 3.17. The summed E-state index contributed by atoms with van der Waals surface area (Å²) < 4.78 is 18.2. The van der Waals surface area contributed by atoms with Crippen molar-refractivity contribution in [2.45, 2.75) is 38.3 Å². The van der Waals surface area contributed by atoms with Crippen LogP contribution in [0.4, 0.5) is 4.39 Å². The third kappa shape index (κ3) is 5.01. The molecule has 0 saturated carbocycles. The lowest BCUT2D eigenvalue weighted by molar-refractivity contribution is -0.123. The van der Waals surface area contributed by atoms with Crippen LogP contribution < -0.4 is 5.32 Å². The molecule has 1 amide bonds. The standard InChI is InChI=1S/C18H25FN2O2/c19-16-3-1-14(2-4-16)12-21-8-5-17(6-9-21)20-18(22)11-15-7-10-23-13-15/h1-4,15,17H,5-13H2,(H,20,22)/t15-/m0/s1. The first-order valence-electron chi connectivity index (χ1n) is 8.53. The second-order valence-electron chi connectivity index (χ2n) is 6.68. The Kier molecular flexibility index (Phi) is 5.62. The van der Waals surface area contributed by atoms with Crippen LogP contribution in [-0.4, -0.2) is 43.2 Å². The van der Waals surface area contributed by atoms with E-state index in [1.807, 2.05) is 12.1 Å². The number of ether oxygens (including phenoxy) is 1. The SMILES string of the molecule is O=C(C[C@@H]1CCOC1)NC1CCN(Cc2ccc(F)cc2)CC1. The zero-order valence-electron chi connectivity index (χ0n) is 13.5. The van der Waals surface area contributed by atoms with Crippen LogP contribution in [-0.2, 0) is 16.1 Å². The van der Waals surface area contributed by atoms with Crippen molar-refractivity contribution in [1.29, 1.82) is 0 Å². The van der Waals surface area contributed by atoms with Crippen LogP contribution in [0.1, 0.15) is 31.2 Å². The Morgan fingerprint density at radius 3 is 2.61 bits per heavy atom. The van der Waals surface area contributed by atoms with E-state index in [2.05, 4.69) is 10.2 Å². The van der Waals surface area contributed by atoms with E-state index in [4.69, 9.17) is 4.74 Å². The summed E-state index contributed by atoms with van der Waals surface area (Å²) in [7, 11) is 0. The normalized spacial score (nSPS) is 23.1. The van der Waals surface area contributed by atoms with E-state index in [9.17, 15) is 9.18 Å². The summed E-state index contributed by atoms with van der Waals surface area (Å²) in [5.41, 5.74) is 1.13. The lowest BCUT2D eigenvalue weighted by atomic mass is 10.0. The van der Waals surface area contributed by atoms with Crippen molar-refractivity contribution in [3.8, 4) is 0 Å².